The van der Waals surface area contributed by atoms with Crippen molar-refractivity contribution in [3.05, 3.63) is 71.0 Å². The Morgan fingerprint density at radius 2 is 1.81 bits per heavy atom. The number of likely N-dealkylation sites (tertiary alicyclic amines) is 1. The number of nitrogens with one attached hydrogen (secondary N) is 1. The Bertz CT molecular complexity index is 881. The molecule has 0 radical (unpaired) electrons. The molecule has 5 nitrogen and oxygen atoms in total. The van der Waals surface area contributed by atoms with Gasteiger partial charge in [0.1, 0.15) is 5.82 Å². The molecule has 0 saturated carbocycles. The van der Waals surface area contributed by atoms with Gasteiger partial charge in [-0.05, 0) is 61.3 Å². The number of carbonyl (C=O) groups is 2. The van der Waals surface area contributed by atoms with Crippen molar-refractivity contribution < 1.29 is 14.0 Å². The molecule has 1 saturated heterocycles. The first kappa shape index (κ1) is 22.9. The molecule has 1 N–H and O–H groups in total. The fourth-order valence-corrected chi connectivity index (χ4v) is 4.03. The van der Waals surface area contributed by atoms with Crippen molar-refractivity contribution in [3.8, 4) is 0 Å². The Labute approximate surface area is 184 Å². The van der Waals surface area contributed by atoms with Gasteiger partial charge in [0.05, 0.1) is 5.92 Å². The van der Waals surface area contributed by atoms with E-state index >= 15 is 0 Å². The van der Waals surface area contributed by atoms with E-state index in [0.717, 1.165) is 38.0 Å². The van der Waals surface area contributed by atoms with E-state index in [2.05, 4.69) is 36.2 Å². The number of benzene rings is 2. The predicted molar refractivity (Wildman–Crippen MR) is 120 cm³/mol. The predicted octanol–water partition coefficient (Wildman–Crippen LogP) is 3.84. The minimum atomic E-state index is -0.367. The van der Waals surface area contributed by atoms with Gasteiger partial charge in [-0.2, -0.15) is 0 Å². The first-order chi connectivity index (χ1) is 15.0. The maximum Gasteiger partial charge on any atom is 0.253 e. The van der Waals surface area contributed by atoms with Gasteiger partial charge in [0.25, 0.3) is 5.91 Å². The first-order valence-corrected chi connectivity index (χ1v) is 11.1. The lowest BCUT2D eigenvalue weighted by Crippen LogP contribution is -2.45. The zero-order chi connectivity index (χ0) is 22.2. The summed E-state index contributed by atoms with van der Waals surface area (Å²) in [6.07, 6.45) is 1.55. The molecule has 1 unspecified atom stereocenters. The van der Waals surface area contributed by atoms with Crippen LogP contribution in [0.3, 0.4) is 0 Å². The maximum absolute atomic E-state index is 13.1. The lowest BCUT2D eigenvalue weighted by Gasteiger charge is -2.32. The summed E-state index contributed by atoms with van der Waals surface area (Å²) in [6.45, 7) is 8.71. The van der Waals surface area contributed by atoms with Crippen molar-refractivity contribution in [1.29, 1.82) is 0 Å². The number of nitrogens with zero attached hydrogens (tertiary/aromatic N) is 2. The highest BCUT2D eigenvalue weighted by molar-refractivity contribution is 5.94. The number of rotatable bonds is 8. The van der Waals surface area contributed by atoms with Crippen molar-refractivity contribution in [2.75, 3.05) is 26.2 Å². The number of carbonyl (C=O) groups excluding carboxylic acids is 2. The summed E-state index contributed by atoms with van der Waals surface area (Å²) >= 11 is 0. The van der Waals surface area contributed by atoms with Crippen LogP contribution in [0.15, 0.2) is 48.5 Å². The lowest BCUT2D eigenvalue weighted by atomic mass is 9.96. The molecule has 1 aliphatic rings. The Morgan fingerprint density at radius 3 is 2.52 bits per heavy atom. The van der Waals surface area contributed by atoms with Crippen molar-refractivity contribution >= 4 is 11.8 Å². The quantitative estimate of drug-likeness (QED) is 0.699. The van der Waals surface area contributed by atoms with Gasteiger partial charge in [0, 0.05) is 31.7 Å². The zero-order valence-corrected chi connectivity index (χ0v) is 18.4. The number of hydrogen-bond donors (Lipinski definition) is 1. The van der Waals surface area contributed by atoms with Gasteiger partial charge < -0.3 is 10.2 Å². The molecule has 0 aromatic heterocycles. The number of amides is 2. The molecule has 0 bridgehead atoms. The molecule has 166 valence electrons. The largest absolute Gasteiger partial charge is 0.352 e. The van der Waals surface area contributed by atoms with Crippen LogP contribution in [0.5, 0.6) is 0 Å². The molecule has 3 rings (SSSR count). The molecule has 2 aromatic rings. The van der Waals surface area contributed by atoms with E-state index in [1.54, 1.807) is 4.90 Å². The molecule has 6 heteroatoms. The molecule has 1 fully saturated rings. The average molecular weight is 426 g/mol. The van der Waals surface area contributed by atoms with E-state index in [9.17, 15) is 14.0 Å². The summed E-state index contributed by atoms with van der Waals surface area (Å²) in [5.41, 5.74) is 2.77. The molecule has 31 heavy (non-hydrogen) atoms. The third-order valence-electron chi connectivity index (χ3n) is 5.93. The van der Waals surface area contributed by atoms with Gasteiger partial charge in [-0.15, -0.1) is 0 Å². The Kier molecular flexibility index (Phi) is 8.18. The molecule has 0 aliphatic carbocycles. The average Bonchev–Trinajstić information content (AvgIpc) is 2.81. The SMILES string of the molecule is CCN(CC)Cc1cccc(CNC(=O)C2CCCN(C(=O)c3ccc(F)cc3)C2)c1. The topological polar surface area (TPSA) is 52.7 Å². The number of piperidine rings is 1. The second-order valence-electron chi connectivity index (χ2n) is 8.10. The molecule has 2 amide bonds. The van der Waals surface area contributed by atoms with Crippen LogP contribution >= 0.6 is 0 Å². The minimum absolute atomic E-state index is 0.0225. The van der Waals surface area contributed by atoms with Crippen molar-refractivity contribution in [1.82, 2.24) is 15.1 Å². The zero-order valence-electron chi connectivity index (χ0n) is 18.4. The molecular formula is C25H32FN3O2. The van der Waals surface area contributed by atoms with E-state index in [1.807, 2.05) is 12.1 Å². The van der Waals surface area contributed by atoms with Crippen LogP contribution in [-0.4, -0.2) is 47.8 Å². The number of hydrogen-bond acceptors (Lipinski definition) is 3. The van der Waals surface area contributed by atoms with Crippen molar-refractivity contribution in [2.24, 2.45) is 5.92 Å². The molecule has 0 spiro atoms. The van der Waals surface area contributed by atoms with Crippen molar-refractivity contribution in [2.45, 2.75) is 39.8 Å². The molecule has 2 aromatic carbocycles. The van der Waals surface area contributed by atoms with Crippen LogP contribution < -0.4 is 5.32 Å². The molecule has 1 heterocycles. The van der Waals surface area contributed by atoms with Crippen molar-refractivity contribution in [3.63, 3.8) is 0 Å². The van der Waals surface area contributed by atoms with E-state index in [4.69, 9.17) is 0 Å². The lowest BCUT2D eigenvalue weighted by molar-refractivity contribution is -0.126. The third kappa shape index (κ3) is 6.37. The summed E-state index contributed by atoms with van der Waals surface area (Å²) in [5.74, 6) is -0.766. The van der Waals surface area contributed by atoms with Crippen LogP contribution in [-0.2, 0) is 17.9 Å². The van der Waals surface area contributed by atoms with Crippen LogP contribution in [0.2, 0.25) is 0 Å². The van der Waals surface area contributed by atoms with Gasteiger partial charge in [0.2, 0.25) is 5.91 Å². The van der Waals surface area contributed by atoms with Crippen LogP contribution in [0.4, 0.5) is 4.39 Å². The molecule has 1 atom stereocenters. The van der Waals surface area contributed by atoms with E-state index in [0.29, 0.717) is 25.2 Å². The standard InChI is InChI=1S/C25H32FN3O2/c1-3-28(4-2)17-20-8-5-7-19(15-20)16-27-24(30)22-9-6-14-29(18-22)25(31)21-10-12-23(26)13-11-21/h5,7-8,10-13,15,22H,3-4,6,9,14,16-18H2,1-2H3,(H,27,30). The molecular weight excluding hydrogens is 393 g/mol. The van der Waals surface area contributed by atoms with Gasteiger partial charge in [-0.3, -0.25) is 14.5 Å². The van der Waals surface area contributed by atoms with E-state index in [-0.39, 0.29) is 23.5 Å². The normalized spacial score (nSPS) is 16.4. The number of halogens is 1. The fourth-order valence-electron chi connectivity index (χ4n) is 4.03. The van der Waals surface area contributed by atoms with Gasteiger partial charge in [-0.1, -0.05) is 38.1 Å². The second-order valence-corrected chi connectivity index (χ2v) is 8.10. The third-order valence-corrected chi connectivity index (χ3v) is 5.93. The maximum atomic E-state index is 13.1. The highest BCUT2D eigenvalue weighted by Gasteiger charge is 2.28. The highest BCUT2D eigenvalue weighted by Crippen LogP contribution is 2.19. The Hall–Kier alpha value is -2.73. The minimum Gasteiger partial charge on any atom is -0.352 e. The van der Waals surface area contributed by atoms with Crippen LogP contribution in [0, 0.1) is 11.7 Å². The molecule has 1 aliphatic heterocycles. The smallest absolute Gasteiger partial charge is 0.253 e. The summed E-state index contributed by atoms with van der Waals surface area (Å²) < 4.78 is 13.1. The fraction of sp³-hybridized carbons (Fsp3) is 0.440. The Balaban J connectivity index is 1.54. The van der Waals surface area contributed by atoms with Crippen LogP contribution in [0.25, 0.3) is 0 Å². The van der Waals surface area contributed by atoms with Crippen LogP contribution in [0.1, 0.15) is 48.2 Å². The summed E-state index contributed by atoms with van der Waals surface area (Å²) in [7, 11) is 0. The summed E-state index contributed by atoms with van der Waals surface area (Å²) in [5, 5.41) is 3.04. The Morgan fingerprint density at radius 1 is 1.10 bits per heavy atom. The monoisotopic (exact) mass is 425 g/mol. The second kappa shape index (κ2) is 11.0. The van der Waals surface area contributed by atoms with E-state index < -0.39 is 0 Å². The summed E-state index contributed by atoms with van der Waals surface area (Å²) in [6, 6.07) is 13.9. The summed E-state index contributed by atoms with van der Waals surface area (Å²) in [4.78, 5) is 29.5. The van der Waals surface area contributed by atoms with Gasteiger partial charge in [-0.25, -0.2) is 4.39 Å². The van der Waals surface area contributed by atoms with Gasteiger partial charge >= 0.3 is 0 Å². The van der Waals surface area contributed by atoms with E-state index in [1.165, 1.54) is 29.8 Å². The first-order valence-electron chi connectivity index (χ1n) is 11.1. The highest BCUT2D eigenvalue weighted by atomic mass is 19.1. The van der Waals surface area contributed by atoms with Gasteiger partial charge in [0.15, 0.2) is 0 Å².